The van der Waals surface area contributed by atoms with E-state index in [1.807, 2.05) is 0 Å². The molecule has 1 saturated carbocycles. The van der Waals surface area contributed by atoms with Crippen molar-refractivity contribution in [2.45, 2.75) is 32.2 Å². The normalized spacial score (nSPS) is 13.9. The molecule has 1 aromatic rings. The van der Waals surface area contributed by atoms with Gasteiger partial charge in [-0.3, -0.25) is 4.79 Å². The zero-order valence-electron chi connectivity index (χ0n) is 11.2. The first-order chi connectivity index (χ1) is 9.49. The van der Waals surface area contributed by atoms with Crippen molar-refractivity contribution in [3.63, 3.8) is 0 Å². The second kappa shape index (κ2) is 5.90. The molecule has 0 bridgehead atoms. The highest BCUT2D eigenvalue weighted by Gasteiger charge is 2.33. The van der Waals surface area contributed by atoms with Crippen LogP contribution in [0.4, 0.5) is 14.9 Å². The number of carbonyl (C=O) groups excluding carboxylic acids is 1. The summed E-state index contributed by atoms with van der Waals surface area (Å²) in [5, 5.41) is 11.2. The van der Waals surface area contributed by atoms with Gasteiger partial charge >= 0.3 is 12.0 Å². The fraction of sp³-hybridized carbons (Fsp3) is 0.429. The summed E-state index contributed by atoms with van der Waals surface area (Å²) >= 11 is 0. The monoisotopic (exact) mass is 280 g/mol. The Morgan fingerprint density at radius 3 is 2.70 bits per heavy atom. The van der Waals surface area contributed by atoms with Crippen LogP contribution in [-0.2, 0) is 4.79 Å². The number of carboxylic acids is 1. The number of hydrogen-bond acceptors (Lipinski definition) is 2. The van der Waals surface area contributed by atoms with Crippen molar-refractivity contribution in [2.24, 2.45) is 0 Å². The Kier molecular flexibility index (Phi) is 4.22. The number of carbonyl (C=O) groups is 2. The third-order valence-corrected chi connectivity index (χ3v) is 3.27. The van der Waals surface area contributed by atoms with E-state index in [1.54, 1.807) is 19.1 Å². The van der Waals surface area contributed by atoms with E-state index in [4.69, 9.17) is 5.11 Å². The van der Waals surface area contributed by atoms with Crippen LogP contribution in [0.15, 0.2) is 18.2 Å². The smallest absolute Gasteiger partial charge is 0.322 e. The van der Waals surface area contributed by atoms with Crippen LogP contribution in [0.3, 0.4) is 0 Å². The Labute approximate surface area is 116 Å². The maximum absolute atomic E-state index is 13.7. The van der Waals surface area contributed by atoms with Crippen LogP contribution >= 0.6 is 0 Å². The maximum Gasteiger partial charge on any atom is 0.322 e. The third kappa shape index (κ3) is 3.46. The summed E-state index contributed by atoms with van der Waals surface area (Å²) in [6.45, 7) is 1.84. The van der Waals surface area contributed by atoms with Crippen molar-refractivity contribution >= 4 is 17.7 Å². The van der Waals surface area contributed by atoms with Crippen LogP contribution in [0.1, 0.15) is 24.8 Å². The van der Waals surface area contributed by atoms with E-state index in [-0.39, 0.29) is 24.7 Å². The first kappa shape index (κ1) is 14.3. The molecule has 0 saturated heterocycles. The molecule has 1 aliphatic carbocycles. The maximum atomic E-state index is 13.7. The predicted octanol–water partition coefficient (Wildman–Crippen LogP) is 2.61. The average molecular weight is 280 g/mol. The number of anilines is 1. The molecule has 2 N–H and O–H groups in total. The van der Waals surface area contributed by atoms with Gasteiger partial charge in [0.2, 0.25) is 0 Å². The standard InChI is InChI=1S/C14H17FN2O3/c1-9-3-2-4-11(15)13(9)16-14(20)17(10-5-6-10)8-7-12(18)19/h2-4,10H,5-8H2,1H3,(H,16,20)(H,18,19). The minimum absolute atomic E-state index is 0.0708. The van der Waals surface area contributed by atoms with Gasteiger partial charge in [-0.1, -0.05) is 12.1 Å². The largest absolute Gasteiger partial charge is 0.481 e. The quantitative estimate of drug-likeness (QED) is 0.871. The molecule has 20 heavy (non-hydrogen) atoms. The summed E-state index contributed by atoms with van der Waals surface area (Å²) in [4.78, 5) is 24.3. The Hall–Kier alpha value is -2.11. The lowest BCUT2D eigenvalue weighted by atomic mass is 10.2. The first-order valence-electron chi connectivity index (χ1n) is 6.53. The van der Waals surface area contributed by atoms with Gasteiger partial charge in [0, 0.05) is 12.6 Å². The van der Waals surface area contributed by atoms with Crippen LogP contribution in [0, 0.1) is 12.7 Å². The number of aryl methyl sites for hydroxylation is 1. The molecule has 0 spiro atoms. The van der Waals surface area contributed by atoms with Crippen molar-refractivity contribution in [2.75, 3.05) is 11.9 Å². The van der Waals surface area contributed by atoms with Crippen molar-refractivity contribution in [3.05, 3.63) is 29.6 Å². The zero-order chi connectivity index (χ0) is 14.7. The molecule has 6 heteroatoms. The molecule has 0 radical (unpaired) electrons. The number of para-hydroxylation sites is 1. The summed E-state index contributed by atoms with van der Waals surface area (Å²) < 4.78 is 13.7. The van der Waals surface area contributed by atoms with Crippen molar-refractivity contribution in [1.82, 2.24) is 4.90 Å². The highest BCUT2D eigenvalue weighted by atomic mass is 19.1. The topological polar surface area (TPSA) is 69.6 Å². The number of urea groups is 1. The molecular weight excluding hydrogens is 263 g/mol. The van der Waals surface area contributed by atoms with Gasteiger partial charge in [0.15, 0.2) is 0 Å². The van der Waals surface area contributed by atoms with Gasteiger partial charge in [-0.25, -0.2) is 9.18 Å². The molecule has 0 heterocycles. The third-order valence-electron chi connectivity index (χ3n) is 3.27. The molecule has 2 amide bonds. The molecule has 5 nitrogen and oxygen atoms in total. The molecule has 0 aromatic heterocycles. The molecule has 2 rings (SSSR count). The molecule has 1 aliphatic rings. The lowest BCUT2D eigenvalue weighted by molar-refractivity contribution is -0.137. The Bertz CT molecular complexity index is 509. The lowest BCUT2D eigenvalue weighted by Gasteiger charge is -2.22. The number of amides is 2. The second-order valence-electron chi connectivity index (χ2n) is 4.93. The van der Waals surface area contributed by atoms with Crippen molar-refractivity contribution < 1.29 is 19.1 Å². The van der Waals surface area contributed by atoms with Gasteiger partial charge in [0.1, 0.15) is 5.82 Å². The van der Waals surface area contributed by atoms with Crippen molar-refractivity contribution in [3.8, 4) is 0 Å². The molecule has 108 valence electrons. The van der Waals surface area contributed by atoms with Crippen LogP contribution in [0.2, 0.25) is 0 Å². The average Bonchev–Trinajstić information content (AvgIpc) is 3.18. The summed E-state index contributed by atoms with van der Waals surface area (Å²) in [6, 6.07) is 4.19. The minimum atomic E-state index is -0.953. The Balaban J connectivity index is 2.06. The van der Waals surface area contributed by atoms with E-state index in [1.165, 1.54) is 11.0 Å². The predicted molar refractivity (Wildman–Crippen MR) is 72.1 cm³/mol. The number of carboxylic acid groups (broad SMARTS) is 1. The summed E-state index contributed by atoms with van der Waals surface area (Å²) in [5.74, 6) is -1.45. The fourth-order valence-corrected chi connectivity index (χ4v) is 2.02. The summed E-state index contributed by atoms with van der Waals surface area (Å²) in [6.07, 6.45) is 1.62. The molecule has 1 aromatic carbocycles. The molecule has 0 atom stereocenters. The van der Waals surface area contributed by atoms with Gasteiger partial charge in [-0.15, -0.1) is 0 Å². The first-order valence-corrected chi connectivity index (χ1v) is 6.53. The van der Waals surface area contributed by atoms with Crippen molar-refractivity contribution in [1.29, 1.82) is 0 Å². The van der Waals surface area contributed by atoms with Gasteiger partial charge in [0.05, 0.1) is 12.1 Å². The van der Waals surface area contributed by atoms with Crippen LogP contribution < -0.4 is 5.32 Å². The number of hydrogen-bond donors (Lipinski definition) is 2. The number of nitrogens with zero attached hydrogens (tertiary/aromatic N) is 1. The minimum Gasteiger partial charge on any atom is -0.481 e. The SMILES string of the molecule is Cc1cccc(F)c1NC(=O)N(CCC(=O)O)C1CC1. The van der Waals surface area contributed by atoms with E-state index in [0.29, 0.717) is 5.56 Å². The number of halogens is 1. The van der Waals surface area contributed by atoms with Gasteiger partial charge < -0.3 is 15.3 Å². The van der Waals surface area contributed by atoms with E-state index in [0.717, 1.165) is 12.8 Å². The highest BCUT2D eigenvalue weighted by molar-refractivity contribution is 5.91. The van der Waals surface area contributed by atoms with Crippen LogP contribution in [-0.4, -0.2) is 34.6 Å². The molecule has 0 aliphatic heterocycles. The highest BCUT2D eigenvalue weighted by Crippen LogP contribution is 2.28. The van der Waals surface area contributed by atoms with Gasteiger partial charge in [-0.2, -0.15) is 0 Å². The molecule has 1 fully saturated rings. The van der Waals surface area contributed by atoms with Gasteiger partial charge in [-0.05, 0) is 31.4 Å². The van der Waals surface area contributed by atoms with E-state index < -0.39 is 17.8 Å². The number of aliphatic carboxylic acids is 1. The molecular formula is C14H17FN2O3. The Morgan fingerprint density at radius 2 is 2.15 bits per heavy atom. The van der Waals surface area contributed by atoms with E-state index in [2.05, 4.69) is 5.32 Å². The number of nitrogens with one attached hydrogen (secondary N) is 1. The summed E-state index contributed by atoms with van der Waals surface area (Å²) in [5.41, 5.74) is 0.783. The van der Waals surface area contributed by atoms with E-state index in [9.17, 15) is 14.0 Å². The lowest BCUT2D eigenvalue weighted by Crippen LogP contribution is -2.38. The van der Waals surface area contributed by atoms with E-state index >= 15 is 0 Å². The Morgan fingerprint density at radius 1 is 1.45 bits per heavy atom. The summed E-state index contributed by atoms with van der Waals surface area (Å²) in [7, 11) is 0. The van der Waals surface area contributed by atoms with Gasteiger partial charge in [0.25, 0.3) is 0 Å². The fourth-order valence-electron chi connectivity index (χ4n) is 2.02. The molecule has 0 unspecified atom stereocenters. The zero-order valence-corrected chi connectivity index (χ0v) is 11.2. The van der Waals surface area contributed by atoms with Crippen LogP contribution in [0.5, 0.6) is 0 Å². The van der Waals surface area contributed by atoms with Crippen LogP contribution in [0.25, 0.3) is 0 Å². The number of benzene rings is 1. The second-order valence-corrected chi connectivity index (χ2v) is 4.93. The number of rotatable bonds is 5.